The molecule has 0 saturated heterocycles. The van der Waals surface area contributed by atoms with Crippen molar-refractivity contribution in [3.05, 3.63) is 11.1 Å². The highest BCUT2D eigenvalue weighted by Gasteiger charge is 2.12. The highest BCUT2D eigenvalue weighted by Crippen LogP contribution is 2.16. The van der Waals surface area contributed by atoms with Crippen LogP contribution in [0.3, 0.4) is 0 Å². The Morgan fingerprint density at radius 1 is 1.42 bits per heavy atom. The summed E-state index contributed by atoms with van der Waals surface area (Å²) in [6, 6.07) is 0. The van der Waals surface area contributed by atoms with E-state index in [-0.39, 0.29) is 18.2 Å². The summed E-state index contributed by atoms with van der Waals surface area (Å²) in [4.78, 5) is 37.1. The largest absolute Gasteiger partial charge is 0.480 e. The molecule has 0 saturated carbocycles. The van der Waals surface area contributed by atoms with Crippen molar-refractivity contribution in [2.24, 2.45) is 5.92 Å². The highest BCUT2D eigenvalue weighted by molar-refractivity contribution is 7.13. The van der Waals surface area contributed by atoms with Gasteiger partial charge in [0.2, 0.25) is 11.8 Å². The third-order valence-electron chi connectivity index (χ3n) is 2.08. The van der Waals surface area contributed by atoms with E-state index in [1.807, 2.05) is 0 Å². The summed E-state index contributed by atoms with van der Waals surface area (Å²) in [6.07, 6.45) is -0.0126. The van der Waals surface area contributed by atoms with Crippen LogP contribution in [0.4, 0.5) is 5.13 Å². The van der Waals surface area contributed by atoms with E-state index < -0.39 is 18.4 Å². The lowest BCUT2D eigenvalue weighted by atomic mass is 10.2. The van der Waals surface area contributed by atoms with E-state index in [1.165, 1.54) is 11.3 Å². The molecule has 104 valence electrons. The number of carboxylic acid groups (broad SMARTS) is 1. The number of hydrogen-bond donors (Lipinski definition) is 3. The van der Waals surface area contributed by atoms with E-state index in [4.69, 9.17) is 5.11 Å². The maximum absolute atomic E-state index is 11.4. The van der Waals surface area contributed by atoms with Gasteiger partial charge in [0.15, 0.2) is 5.13 Å². The lowest BCUT2D eigenvalue weighted by Crippen LogP contribution is -2.30. The van der Waals surface area contributed by atoms with Gasteiger partial charge in [-0.2, -0.15) is 0 Å². The van der Waals surface area contributed by atoms with Gasteiger partial charge in [0, 0.05) is 11.3 Å². The fourth-order valence-electron chi connectivity index (χ4n) is 1.10. The zero-order chi connectivity index (χ0) is 14.4. The molecule has 0 unspecified atom stereocenters. The number of aromatic nitrogens is 1. The molecule has 3 N–H and O–H groups in total. The predicted molar refractivity (Wildman–Crippen MR) is 69.9 cm³/mol. The molecule has 0 aliphatic carbocycles. The van der Waals surface area contributed by atoms with Gasteiger partial charge in [-0.05, 0) is 0 Å². The van der Waals surface area contributed by atoms with E-state index in [1.54, 1.807) is 19.2 Å². The third-order valence-corrected chi connectivity index (χ3v) is 2.89. The van der Waals surface area contributed by atoms with Crippen molar-refractivity contribution in [3.63, 3.8) is 0 Å². The number of rotatable bonds is 6. The molecule has 8 heteroatoms. The van der Waals surface area contributed by atoms with Crippen LogP contribution >= 0.6 is 11.3 Å². The first kappa shape index (κ1) is 15.1. The van der Waals surface area contributed by atoms with Crippen molar-refractivity contribution < 1.29 is 19.5 Å². The summed E-state index contributed by atoms with van der Waals surface area (Å²) < 4.78 is 0. The summed E-state index contributed by atoms with van der Waals surface area (Å²) in [7, 11) is 0. The van der Waals surface area contributed by atoms with Gasteiger partial charge in [0.25, 0.3) is 0 Å². The van der Waals surface area contributed by atoms with E-state index >= 15 is 0 Å². The minimum Gasteiger partial charge on any atom is -0.480 e. The maximum Gasteiger partial charge on any atom is 0.322 e. The van der Waals surface area contributed by atoms with Gasteiger partial charge in [0.1, 0.15) is 6.54 Å². The predicted octanol–water partition coefficient (Wildman–Crippen LogP) is 0.481. The van der Waals surface area contributed by atoms with Gasteiger partial charge < -0.3 is 15.7 Å². The molecule has 2 amide bonds. The molecule has 7 nitrogen and oxygen atoms in total. The molecule has 1 aromatic rings. The first-order valence-corrected chi connectivity index (χ1v) is 6.50. The molecular weight excluding hydrogens is 270 g/mol. The number of hydrogen-bond acceptors (Lipinski definition) is 5. The van der Waals surface area contributed by atoms with Crippen LogP contribution in [0.1, 0.15) is 19.5 Å². The minimum absolute atomic E-state index is 0.0126. The van der Waals surface area contributed by atoms with Gasteiger partial charge in [0.05, 0.1) is 12.1 Å². The van der Waals surface area contributed by atoms with Crippen molar-refractivity contribution in [2.75, 3.05) is 11.9 Å². The summed E-state index contributed by atoms with van der Waals surface area (Å²) in [5.41, 5.74) is 0.493. The standard InChI is InChI=1S/C11H15N3O4S/c1-6(2)10(18)14-11-13-7(5-19-11)3-8(15)12-4-9(16)17/h5-6H,3-4H2,1-2H3,(H,12,15)(H,16,17)(H,13,14,18). The van der Waals surface area contributed by atoms with Gasteiger partial charge in [-0.25, -0.2) is 4.98 Å². The second kappa shape index (κ2) is 6.83. The number of anilines is 1. The van der Waals surface area contributed by atoms with Gasteiger partial charge in [-0.3, -0.25) is 14.4 Å². The van der Waals surface area contributed by atoms with Crippen molar-refractivity contribution in [1.29, 1.82) is 0 Å². The topological polar surface area (TPSA) is 108 Å². The van der Waals surface area contributed by atoms with Crippen molar-refractivity contribution in [3.8, 4) is 0 Å². The van der Waals surface area contributed by atoms with Crippen molar-refractivity contribution in [1.82, 2.24) is 10.3 Å². The van der Waals surface area contributed by atoms with Crippen LogP contribution in [0.25, 0.3) is 0 Å². The quantitative estimate of drug-likeness (QED) is 0.704. The zero-order valence-corrected chi connectivity index (χ0v) is 11.4. The van der Waals surface area contributed by atoms with E-state index in [2.05, 4.69) is 15.6 Å². The Labute approximate surface area is 114 Å². The number of carboxylic acids is 1. The maximum atomic E-state index is 11.4. The molecule has 0 bridgehead atoms. The monoisotopic (exact) mass is 285 g/mol. The fraction of sp³-hybridized carbons (Fsp3) is 0.455. The Morgan fingerprint density at radius 2 is 2.11 bits per heavy atom. The molecular formula is C11H15N3O4S. The van der Waals surface area contributed by atoms with Crippen LogP contribution in [-0.2, 0) is 20.8 Å². The van der Waals surface area contributed by atoms with Gasteiger partial charge in [-0.1, -0.05) is 13.8 Å². The lowest BCUT2D eigenvalue weighted by Gasteiger charge is -2.03. The Kier molecular flexibility index (Phi) is 5.43. The van der Waals surface area contributed by atoms with Crippen LogP contribution in [0.2, 0.25) is 0 Å². The van der Waals surface area contributed by atoms with E-state index in [0.29, 0.717) is 10.8 Å². The number of carbonyl (C=O) groups excluding carboxylic acids is 2. The Bertz CT molecular complexity index is 484. The average molecular weight is 285 g/mol. The first-order chi connectivity index (χ1) is 8.88. The van der Waals surface area contributed by atoms with E-state index in [9.17, 15) is 14.4 Å². The Hall–Kier alpha value is -1.96. The first-order valence-electron chi connectivity index (χ1n) is 5.62. The summed E-state index contributed by atoms with van der Waals surface area (Å²) in [5.74, 6) is -1.81. The van der Waals surface area contributed by atoms with Crippen LogP contribution in [0, 0.1) is 5.92 Å². The number of carbonyl (C=O) groups is 3. The second-order valence-electron chi connectivity index (χ2n) is 4.14. The number of thiazole rings is 1. The molecule has 1 aromatic heterocycles. The number of amides is 2. The lowest BCUT2D eigenvalue weighted by molar-refractivity contribution is -0.137. The Morgan fingerprint density at radius 3 is 2.68 bits per heavy atom. The van der Waals surface area contributed by atoms with Crippen LogP contribution in [0.15, 0.2) is 5.38 Å². The van der Waals surface area contributed by atoms with Crippen LogP contribution in [-0.4, -0.2) is 34.4 Å². The molecule has 0 spiro atoms. The summed E-state index contributed by atoms with van der Waals surface area (Å²) in [5, 5.41) is 15.4. The highest BCUT2D eigenvalue weighted by atomic mass is 32.1. The Balaban J connectivity index is 2.48. The van der Waals surface area contributed by atoms with Crippen molar-refractivity contribution in [2.45, 2.75) is 20.3 Å². The fourth-order valence-corrected chi connectivity index (χ4v) is 1.81. The molecule has 0 aromatic carbocycles. The molecule has 0 fully saturated rings. The molecule has 19 heavy (non-hydrogen) atoms. The number of nitrogens with one attached hydrogen (secondary N) is 2. The minimum atomic E-state index is -1.10. The normalized spacial score (nSPS) is 10.3. The zero-order valence-electron chi connectivity index (χ0n) is 10.6. The van der Waals surface area contributed by atoms with Crippen LogP contribution < -0.4 is 10.6 Å². The molecule has 1 heterocycles. The third kappa shape index (κ3) is 5.47. The second-order valence-corrected chi connectivity index (χ2v) is 4.99. The molecule has 0 radical (unpaired) electrons. The SMILES string of the molecule is CC(C)C(=O)Nc1nc(CC(=O)NCC(=O)O)cs1. The molecule has 1 rings (SSSR count). The number of aliphatic carboxylic acids is 1. The average Bonchev–Trinajstić information content (AvgIpc) is 2.73. The van der Waals surface area contributed by atoms with Gasteiger partial charge >= 0.3 is 5.97 Å². The molecule has 0 aliphatic rings. The van der Waals surface area contributed by atoms with Crippen LogP contribution in [0.5, 0.6) is 0 Å². The summed E-state index contributed by atoms with van der Waals surface area (Å²) >= 11 is 1.22. The summed E-state index contributed by atoms with van der Waals surface area (Å²) in [6.45, 7) is 3.12. The van der Waals surface area contributed by atoms with Gasteiger partial charge in [-0.15, -0.1) is 11.3 Å². The molecule has 0 aliphatic heterocycles. The molecule has 0 atom stereocenters. The van der Waals surface area contributed by atoms with E-state index in [0.717, 1.165) is 0 Å². The smallest absolute Gasteiger partial charge is 0.322 e. The van der Waals surface area contributed by atoms with Crippen molar-refractivity contribution >= 4 is 34.3 Å². The number of nitrogens with zero attached hydrogens (tertiary/aromatic N) is 1.